The van der Waals surface area contributed by atoms with Gasteiger partial charge in [0.1, 0.15) is 17.3 Å². The summed E-state index contributed by atoms with van der Waals surface area (Å²) in [5.41, 5.74) is 2.70. The van der Waals surface area contributed by atoms with Gasteiger partial charge in [-0.25, -0.2) is 9.18 Å². The van der Waals surface area contributed by atoms with Crippen LogP contribution in [0.4, 0.5) is 4.39 Å². The Morgan fingerprint density at radius 3 is 2.37 bits per heavy atom. The van der Waals surface area contributed by atoms with Crippen molar-refractivity contribution in [2.45, 2.75) is 19.8 Å². The predicted octanol–water partition coefficient (Wildman–Crippen LogP) is 5.78. The maximum absolute atomic E-state index is 13.0. The molecule has 0 bridgehead atoms. The normalized spacial score (nSPS) is 14.0. The smallest absolute Gasteiger partial charge is 0.343 e. The number of ether oxygens (including phenoxy) is 2. The summed E-state index contributed by atoms with van der Waals surface area (Å²) in [6, 6.07) is 17.6. The highest BCUT2D eigenvalue weighted by Gasteiger charge is 2.28. The van der Waals surface area contributed by atoms with Crippen molar-refractivity contribution in [3.8, 4) is 11.5 Å². The van der Waals surface area contributed by atoms with Crippen LogP contribution in [0.25, 0.3) is 6.08 Å². The molecule has 150 valence electrons. The van der Waals surface area contributed by atoms with Crippen molar-refractivity contribution in [1.29, 1.82) is 0 Å². The van der Waals surface area contributed by atoms with Crippen molar-refractivity contribution < 1.29 is 23.5 Å². The monoisotopic (exact) mass is 402 g/mol. The Balaban J connectivity index is 1.52. The summed E-state index contributed by atoms with van der Waals surface area (Å²) >= 11 is 0. The van der Waals surface area contributed by atoms with Gasteiger partial charge in [0.05, 0.1) is 11.1 Å². The third-order valence-electron chi connectivity index (χ3n) is 4.83. The van der Waals surface area contributed by atoms with Crippen LogP contribution >= 0.6 is 0 Å². The first-order chi connectivity index (χ1) is 14.4. The Hall–Kier alpha value is -3.73. The van der Waals surface area contributed by atoms with Crippen molar-refractivity contribution >= 4 is 17.8 Å². The lowest BCUT2D eigenvalue weighted by Gasteiger charge is -2.06. The number of hydrogen-bond acceptors (Lipinski definition) is 4. The van der Waals surface area contributed by atoms with E-state index in [2.05, 4.69) is 13.8 Å². The first-order valence-corrected chi connectivity index (χ1v) is 9.57. The number of hydrogen-bond donors (Lipinski definition) is 0. The summed E-state index contributed by atoms with van der Waals surface area (Å²) < 4.78 is 24.0. The molecule has 0 spiro atoms. The maximum Gasteiger partial charge on any atom is 0.343 e. The van der Waals surface area contributed by atoms with Crippen LogP contribution in [0.3, 0.4) is 0 Å². The molecule has 1 aliphatic heterocycles. The van der Waals surface area contributed by atoms with Crippen LogP contribution in [-0.2, 0) is 0 Å². The van der Waals surface area contributed by atoms with Crippen LogP contribution in [0.2, 0.25) is 0 Å². The summed E-state index contributed by atoms with van der Waals surface area (Å²) in [4.78, 5) is 24.8. The Morgan fingerprint density at radius 1 is 1.00 bits per heavy atom. The van der Waals surface area contributed by atoms with E-state index in [-0.39, 0.29) is 22.9 Å². The number of allylic oxidation sites excluding steroid dienone is 1. The fourth-order valence-electron chi connectivity index (χ4n) is 3.11. The molecular formula is C25H19FO4. The van der Waals surface area contributed by atoms with Crippen molar-refractivity contribution in [3.63, 3.8) is 0 Å². The van der Waals surface area contributed by atoms with E-state index in [1.807, 2.05) is 24.3 Å². The Morgan fingerprint density at radius 2 is 1.70 bits per heavy atom. The zero-order chi connectivity index (χ0) is 21.3. The van der Waals surface area contributed by atoms with Crippen molar-refractivity contribution in [2.75, 3.05) is 0 Å². The molecule has 0 fully saturated rings. The van der Waals surface area contributed by atoms with Gasteiger partial charge in [0.25, 0.3) is 0 Å². The lowest BCUT2D eigenvalue weighted by Crippen LogP contribution is -2.08. The van der Waals surface area contributed by atoms with E-state index >= 15 is 0 Å². The van der Waals surface area contributed by atoms with E-state index in [4.69, 9.17) is 9.47 Å². The van der Waals surface area contributed by atoms with Gasteiger partial charge in [-0.2, -0.15) is 0 Å². The number of esters is 1. The second-order valence-electron chi connectivity index (χ2n) is 7.32. The number of halogens is 1. The van der Waals surface area contributed by atoms with Gasteiger partial charge >= 0.3 is 5.97 Å². The minimum absolute atomic E-state index is 0.212. The molecule has 30 heavy (non-hydrogen) atoms. The molecule has 0 atom stereocenters. The van der Waals surface area contributed by atoms with Crippen LogP contribution in [0, 0.1) is 5.82 Å². The zero-order valence-corrected chi connectivity index (χ0v) is 16.5. The van der Waals surface area contributed by atoms with E-state index in [0.717, 1.165) is 5.56 Å². The quantitative estimate of drug-likeness (QED) is 0.315. The van der Waals surface area contributed by atoms with Crippen molar-refractivity contribution in [3.05, 3.63) is 101 Å². The molecule has 1 heterocycles. The minimum atomic E-state index is -0.625. The van der Waals surface area contributed by atoms with Crippen LogP contribution in [0.1, 0.15) is 51.6 Å². The van der Waals surface area contributed by atoms with Gasteiger partial charge in [-0.05, 0) is 59.5 Å². The number of Topliss-reactive ketones (excluding diaryl/α,β-unsaturated/α-hetero) is 1. The molecular weight excluding hydrogens is 383 g/mol. The molecule has 0 aromatic heterocycles. The first kappa shape index (κ1) is 19.6. The number of carbonyl (C=O) groups is 2. The highest BCUT2D eigenvalue weighted by atomic mass is 19.1. The molecule has 5 heteroatoms. The summed E-state index contributed by atoms with van der Waals surface area (Å²) in [6.45, 7) is 4.24. The molecule has 0 N–H and O–H groups in total. The lowest BCUT2D eigenvalue weighted by molar-refractivity contribution is 0.0734. The molecule has 0 saturated carbocycles. The third-order valence-corrected chi connectivity index (χ3v) is 4.83. The predicted molar refractivity (Wildman–Crippen MR) is 111 cm³/mol. The lowest BCUT2D eigenvalue weighted by atomic mass is 10.0. The van der Waals surface area contributed by atoms with Gasteiger partial charge < -0.3 is 9.47 Å². The Labute approximate surface area is 173 Å². The van der Waals surface area contributed by atoms with Gasteiger partial charge in [0.2, 0.25) is 5.78 Å². The maximum atomic E-state index is 13.0. The summed E-state index contributed by atoms with van der Waals surface area (Å²) in [6.07, 6.45) is 1.69. The fourth-order valence-corrected chi connectivity index (χ4v) is 3.11. The molecule has 3 aromatic carbocycles. The number of ketones is 1. The number of benzene rings is 3. The molecule has 0 saturated heterocycles. The van der Waals surface area contributed by atoms with Crippen LogP contribution in [-0.4, -0.2) is 11.8 Å². The summed E-state index contributed by atoms with van der Waals surface area (Å²) in [7, 11) is 0. The standard InChI is InChI=1S/C25H19FO4/c1-15(2)17-5-3-16(4-6-17)13-23-24(27)21-12-11-20(14-22(21)30-23)29-25(28)18-7-9-19(26)10-8-18/h3-15H,1-2H3. The van der Waals surface area contributed by atoms with Crippen LogP contribution in [0.5, 0.6) is 11.5 Å². The molecule has 0 amide bonds. The average molecular weight is 402 g/mol. The summed E-state index contributed by atoms with van der Waals surface area (Å²) in [5.74, 6) is -0.0858. The highest BCUT2D eigenvalue weighted by molar-refractivity contribution is 6.14. The third kappa shape index (κ3) is 4.01. The van der Waals surface area contributed by atoms with Crippen LogP contribution < -0.4 is 9.47 Å². The van der Waals surface area contributed by atoms with E-state index in [1.54, 1.807) is 12.1 Å². The van der Waals surface area contributed by atoms with E-state index in [9.17, 15) is 14.0 Å². The molecule has 3 aromatic rings. The van der Waals surface area contributed by atoms with E-state index in [1.165, 1.54) is 42.0 Å². The molecule has 0 unspecified atom stereocenters. The van der Waals surface area contributed by atoms with Gasteiger partial charge in [-0.1, -0.05) is 38.1 Å². The summed E-state index contributed by atoms with van der Waals surface area (Å²) in [5, 5.41) is 0. The Bertz CT molecular complexity index is 1140. The highest BCUT2D eigenvalue weighted by Crippen LogP contribution is 2.35. The molecule has 0 radical (unpaired) electrons. The fraction of sp³-hybridized carbons (Fsp3) is 0.120. The van der Waals surface area contributed by atoms with Crippen molar-refractivity contribution in [1.82, 2.24) is 0 Å². The average Bonchev–Trinajstić information content (AvgIpc) is 3.03. The van der Waals surface area contributed by atoms with Gasteiger partial charge in [0, 0.05) is 6.07 Å². The van der Waals surface area contributed by atoms with Gasteiger partial charge in [0.15, 0.2) is 5.76 Å². The zero-order valence-electron chi connectivity index (χ0n) is 16.5. The van der Waals surface area contributed by atoms with Gasteiger partial charge in [-0.3, -0.25) is 4.79 Å². The minimum Gasteiger partial charge on any atom is -0.452 e. The van der Waals surface area contributed by atoms with Gasteiger partial charge in [-0.15, -0.1) is 0 Å². The Kier molecular flexibility index (Phi) is 5.19. The second-order valence-corrected chi connectivity index (χ2v) is 7.32. The van der Waals surface area contributed by atoms with E-state index in [0.29, 0.717) is 17.2 Å². The molecule has 1 aliphatic rings. The van der Waals surface area contributed by atoms with E-state index < -0.39 is 11.8 Å². The number of fused-ring (bicyclic) bond motifs is 1. The molecule has 0 aliphatic carbocycles. The SMILES string of the molecule is CC(C)c1ccc(C=C2Oc3cc(OC(=O)c4ccc(F)cc4)ccc3C2=O)cc1. The van der Waals surface area contributed by atoms with Crippen molar-refractivity contribution in [2.24, 2.45) is 0 Å². The first-order valence-electron chi connectivity index (χ1n) is 9.57. The molecule has 4 nitrogen and oxygen atoms in total. The number of rotatable bonds is 4. The largest absolute Gasteiger partial charge is 0.452 e. The van der Waals surface area contributed by atoms with Crippen LogP contribution in [0.15, 0.2) is 72.5 Å². The second kappa shape index (κ2) is 7.95. The molecule has 4 rings (SSSR count). The number of carbonyl (C=O) groups excluding carboxylic acids is 2. The topological polar surface area (TPSA) is 52.6 Å².